The monoisotopic (exact) mass is 2010 g/mol. The molecular formula is C47H110BN9O6W6-24. The van der Waals surface area contributed by atoms with Crippen LogP contribution in [0.15, 0.2) is 43.2 Å². The summed E-state index contributed by atoms with van der Waals surface area (Å²) in [5, 5.41) is 0. The number of nitrogens with zero attached hydrogens (tertiary/aromatic N) is 7. The molecule has 0 aromatic carbocycles. The van der Waals surface area contributed by atoms with Gasteiger partial charge >= 0.3 is 0 Å². The van der Waals surface area contributed by atoms with Crippen molar-refractivity contribution >= 4 is 7.28 Å². The van der Waals surface area contributed by atoms with Crippen molar-refractivity contribution < 1.29 is 126 Å². The first kappa shape index (κ1) is 220. The Hall–Kier alpha value is 0.285. The van der Waals surface area contributed by atoms with Crippen LogP contribution in [0.4, 0.5) is 0 Å². The number of rotatable bonds is 2. The molecule has 2 saturated carbocycles. The number of nitrogens with one attached hydrogen (secondary N) is 2. The van der Waals surface area contributed by atoms with E-state index in [1.54, 1.807) is 18.7 Å². The van der Waals surface area contributed by atoms with Crippen molar-refractivity contribution in [3.8, 4) is 0 Å². The molecule has 69 heavy (non-hydrogen) atoms. The van der Waals surface area contributed by atoms with E-state index >= 15 is 0 Å². The van der Waals surface area contributed by atoms with E-state index in [0.29, 0.717) is 0 Å². The SMILES string of the molecule is B1CCCCC1.C1CCCC1.C1CCCCCC1.CCCCC.[CH3-].[CH3-].[CH3-].[CH3-].[CH3-].[CH3-].[CH3-].[CH3-].[CH3-].[CH3-].[CH3-].[CH3-].[CH3-].[CH3-].[CH3-].[CH3-].[CH3-].[CH3-].[N-]=O.[N-]=O.[N-]=O.[N-]=O.[N-]=O.[N-]=O.[W].[W].[W].[W].[W].[W].c1c[nH]cn1.c1cc[nH]c1. The average molecular weight is 2010 g/mol. The second kappa shape index (κ2) is 316. The summed E-state index contributed by atoms with van der Waals surface area (Å²) in [5.74, 6) is 0. The summed E-state index contributed by atoms with van der Waals surface area (Å²) in [6.45, 7) is 4.42. The van der Waals surface area contributed by atoms with E-state index in [0.717, 1.165) is 0 Å². The van der Waals surface area contributed by atoms with Crippen LogP contribution in [0.25, 0.3) is 33.6 Å². The molecule has 2 aromatic heterocycles. The van der Waals surface area contributed by atoms with Crippen molar-refractivity contribution in [2.45, 2.75) is 142 Å². The second-order valence-corrected chi connectivity index (χ2v) is 9.36. The molecule has 2 aromatic rings. The summed E-state index contributed by atoms with van der Waals surface area (Å²) >= 11 is 0. The normalized spacial score (nSPS) is 8.26. The van der Waals surface area contributed by atoms with Gasteiger partial charge in [0.25, 0.3) is 0 Å². The molecule has 1 aliphatic heterocycles. The number of H-pyrrole nitrogens is 2. The Kier molecular flexibility index (Phi) is 1010. The third kappa shape index (κ3) is 327. The Bertz CT molecular complexity index is 539. The summed E-state index contributed by atoms with van der Waals surface area (Å²) in [7, 11) is 1.50. The number of nitroso groups, excluding NO2 is 6. The third-order valence-electron chi connectivity index (χ3n) is 6.11. The van der Waals surface area contributed by atoms with E-state index in [2.05, 4.69) is 28.8 Å². The van der Waals surface area contributed by atoms with Crippen molar-refractivity contribution in [2.24, 2.45) is 0 Å². The fraction of sp³-hybridized carbons (Fsp3) is 0.468. The van der Waals surface area contributed by atoms with Crippen LogP contribution in [0.5, 0.6) is 0 Å². The van der Waals surface area contributed by atoms with Gasteiger partial charge in [-0.25, -0.2) is 4.98 Å². The van der Waals surface area contributed by atoms with Crippen LogP contribution in [0.1, 0.15) is 129 Å². The van der Waals surface area contributed by atoms with Gasteiger partial charge in [-0.1, -0.05) is 142 Å². The topological polar surface area (TPSA) is 281 Å². The second-order valence-electron chi connectivity index (χ2n) is 9.36. The Balaban J connectivity index is -0.00000000779. The zero-order valence-corrected chi connectivity index (χ0v) is 65.5. The van der Waals surface area contributed by atoms with Crippen LogP contribution in [-0.4, -0.2) is 22.2 Å². The van der Waals surface area contributed by atoms with Gasteiger partial charge in [-0.3, -0.25) is 0 Å². The summed E-state index contributed by atoms with van der Waals surface area (Å²) < 4.78 is 0. The fourth-order valence-electron chi connectivity index (χ4n) is 4.03. The van der Waals surface area contributed by atoms with Crippen molar-refractivity contribution in [2.75, 3.05) is 0 Å². The molecule has 2 aliphatic carbocycles. The molecule has 22 heteroatoms. The predicted octanol–water partition coefficient (Wildman–Crippen LogP) is 19.8. The summed E-state index contributed by atoms with van der Waals surface area (Å²) in [6.07, 6.45) is 38.4. The van der Waals surface area contributed by atoms with Gasteiger partial charge in [-0.05, 0) is 12.1 Å². The minimum Gasteiger partial charge on any atom is -0.577 e. The van der Waals surface area contributed by atoms with Gasteiger partial charge in [-0.15, -0.1) is 0 Å². The average Bonchev–Trinajstić information content (AvgIpc) is 4.00. The molecule has 1 saturated heterocycles. The van der Waals surface area contributed by atoms with Gasteiger partial charge in [0.2, 0.25) is 0 Å². The molecule has 5 rings (SSSR count). The number of aromatic nitrogens is 3. The maximum absolute atomic E-state index is 7.25. The molecule has 15 nitrogen and oxygen atoms in total. The molecule has 0 spiro atoms. The maximum Gasteiger partial charge on any atom is 0.120 e. The summed E-state index contributed by atoms with van der Waals surface area (Å²) in [6, 6.07) is 3.89. The predicted molar refractivity (Wildman–Crippen MR) is 306 cm³/mol. The minimum absolute atomic E-state index is 0. The van der Waals surface area contributed by atoms with Crippen LogP contribution < -0.4 is 0 Å². The van der Waals surface area contributed by atoms with E-state index in [1.807, 2.05) is 24.5 Å². The summed E-state index contributed by atoms with van der Waals surface area (Å²) in [5.41, 5.74) is 34.5. The number of hydrogen-bond donors (Lipinski definition) is 2. The van der Waals surface area contributed by atoms with Crippen LogP contribution in [0.2, 0.25) is 12.6 Å². The Labute approximate surface area is 525 Å². The van der Waals surface area contributed by atoms with Crippen LogP contribution in [-0.2, 0) is 126 Å². The van der Waals surface area contributed by atoms with Gasteiger partial charge < -0.3 is 207 Å². The Morgan fingerprint density at radius 3 is 0.609 bits per heavy atom. The first-order valence-electron chi connectivity index (χ1n) is 15.5. The number of aromatic amines is 2. The molecule has 0 atom stereocenters. The Morgan fingerprint density at radius 1 is 0.348 bits per heavy atom. The molecule has 442 valence electrons. The van der Waals surface area contributed by atoms with E-state index in [9.17, 15) is 0 Å². The quantitative estimate of drug-likeness (QED) is 0.166. The van der Waals surface area contributed by atoms with E-state index in [-0.39, 0.29) is 260 Å². The standard InChI is InChI=1S/C7H14.C5H11B.C5H10.C5H12.C4H5N.C3H4N2.18CH3.6NO.6W/c1-2-4-6-7-5-3-1;1-2-4-6-5-3-1;1-2-4-5-3-1;1-3-5-4-2;1-2-4-5-3-1;1-2-5-3-4-1;;;;;;;;;;;;;;;;;;;6*1-2;;;;;;/h1-7H2;6H,1-5H2;1-5H2;3-5H2,1-2H3;1-5H;1-3H,(H,4,5);18*1H3;;;;;;;;;;;;/q;;;;;;24*-1;;;;;;. The van der Waals surface area contributed by atoms with Gasteiger partial charge in [-0.2, -0.15) is 0 Å². The Morgan fingerprint density at radius 2 is 0.551 bits per heavy atom. The van der Waals surface area contributed by atoms with Gasteiger partial charge in [0, 0.05) is 151 Å². The van der Waals surface area contributed by atoms with Gasteiger partial charge in [0.05, 0.1) is 6.33 Å². The number of unbranched alkanes of at least 4 members (excludes halogenated alkanes) is 2. The molecule has 2 N–H and O–H groups in total. The molecule has 0 amide bonds. The molecule has 0 radical (unpaired) electrons. The van der Waals surface area contributed by atoms with Crippen molar-refractivity contribution in [1.29, 1.82) is 0 Å². The molecule has 0 unspecified atom stereocenters. The van der Waals surface area contributed by atoms with Crippen LogP contribution >= 0.6 is 0 Å². The third-order valence-corrected chi connectivity index (χ3v) is 6.11. The largest absolute Gasteiger partial charge is 0.577 e. The molecule has 3 aliphatic rings. The van der Waals surface area contributed by atoms with Crippen LogP contribution in [0.3, 0.4) is 0 Å². The van der Waals surface area contributed by atoms with E-state index in [1.165, 1.54) is 135 Å². The van der Waals surface area contributed by atoms with Crippen molar-refractivity contribution in [1.82, 2.24) is 15.0 Å². The van der Waals surface area contributed by atoms with E-state index < -0.39 is 0 Å². The van der Waals surface area contributed by atoms with Crippen molar-refractivity contribution in [3.63, 3.8) is 0 Å². The molecular weight excluding hydrogens is 1900 g/mol. The van der Waals surface area contributed by atoms with Crippen molar-refractivity contribution in [3.05, 3.63) is 240 Å². The minimum atomic E-state index is 0. The molecule has 0 bridgehead atoms. The van der Waals surface area contributed by atoms with Gasteiger partial charge in [0.15, 0.2) is 0 Å². The first-order chi connectivity index (χ1) is 22.4. The fourth-order valence-corrected chi connectivity index (χ4v) is 4.03. The number of imidazole rings is 1. The van der Waals surface area contributed by atoms with Gasteiger partial charge in [0.1, 0.15) is 7.28 Å². The molecule has 3 fully saturated rings. The zero-order chi connectivity index (χ0) is 35.9. The molecule has 3 heterocycles. The maximum atomic E-state index is 7.25. The van der Waals surface area contributed by atoms with E-state index in [4.69, 9.17) is 63.0 Å². The first-order valence-corrected chi connectivity index (χ1v) is 15.5. The number of hydrogen-bond acceptors (Lipinski definition) is 7. The smallest absolute Gasteiger partial charge is 0.120 e. The van der Waals surface area contributed by atoms with Crippen LogP contribution in [0, 0.1) is 163 Å². The zero-order valence-electron chi connectivity index (χ0n) is 47.9. The summed E-state index contributed by atoms with van der Waals surface area (Å²) in [4.78, 5) is 52.8.